The number of thioether (sulfide) groups is 1. The average Bonchev–Trinajstić information content (AvgIpc) is 2.61. The van der Waals surface area contributed by atoms with Crippen molar-refractivity contribution in [2.45, 2.75) is 24.8 Å². The number of hydrogen-bond donors (Lipinski definition) is 1. The fourth-order valence-corrected chi connectivity index (χ4v) is 4.67. The first-order valence-corrected chi connectivity index (χ1v) is 11.6. The van der Waals surface area contributed by atoms with E-state index in [0.717, 1.165) is 21.0 Å². The Morgan fingerprint density at radius 1 is 1.22 bits per heavy atom. The van der Waals surface area contributed by atoms with Crippen molar-refractivity contribution < 1.29 is 13.2 Å². The summed E-state index contributed by atoms with van der Waals surface area (Å²) in [4.78, 5) is 13.6. The quantitative estimate of drug-likeness (QED) is 0.516. The third kappa shape index (κ3) is 6.16. The van der Waals surface area contributed by atoms with Crippen LogP contribution in [0.15, 0.2) is 53.4 Å². The summed E-state index contributed by atoms with van der Waals surface area (Å²) in [5.41, 5.74) is 1.21. The van der Waals surface area contributed by atoms with Crippen LogP contribution in [0.5, 0.6) is 0 Å². The number of nitrogens with one attached hydrogen (secondary N) is 1. The minimum Gasteiger partial charge on any atom is -0.353 e. The molecule has 1 amide bonds. The van der Waals surface area contributed by atoms with Crippen LogP contribution >= 0.6 is 23.4 Å². The Morgan fingerprint density at radius 3 is 2.48 bits per heavy atom. The molecule has 0 saturated heterocycles. The number of carbonyl (C=O) groups excluding carboxylic acids is 1. The third-order valence-electron chi connectivity index (χ3n) is 3.91. The van der Waals surface area contributed by atoms with Gasteiger partial charge in [0, 0.05) is 22.2 Å². The first-order valence-electron chi connectivity index (χ1n) is 8.41. The molecule has 0 spiro atoms. The number of carbonyl (C=O) groups is 1. The van der Waals surface area contributed by atoms with Crippen molar-refractivity contribution in [3.05, 3.63) is 59.1 Å². The Balaban J connectivity index is 2.03. The molecule has 1 atom stereocenters. The van der Waals surface area contributed by atoms with E-state index in [0.29, 0.717) is 23.0 Å². The molecule has 0 saturated carbocycles. The van der Waals surface area contributed by atoms with E-state index in [1.807, 2.05) is 37.3 Å². The van der Waals surface area contributed by atoms with Crippen molar-refractivity contribution in [2.75, 3.05) is 22.9 Å². The molecule has 0 aliphatic heterocycles. The van der Waals surface area contributed by atoms with E-state index in [2.05, 4.69) is 5.32 Å². The predicted molar refractivity (Wildman–Crippen MR) is 113 cm³/mol. The Bertz CT molecular complexity index is 889. The van der Waals surface area contributed by atoms with E-state index in [1.54, 1.807) is 36.9 Å². The van der Waals surface area contributed by atoms with Crippen molar-refractivity contribution in [3.8, 4) is 0 Å². The van der Waals surface area contributed by atoms with Crippen LogP contribution in [0, 0.1) is 6.92 Å². The highest BCUT2D eigenvalue weighted by molar-refractivity contribution is 7.99. The Morgan fingerprint density at radius 2 is 1.89 bits per heavy atom. The average molecular weight is 427 g/mol. The second kappa shape index (κ2) is 9.48. The summed E-state index contributed by atoms with van der Waals surface area (Å²) in [6.07, 6.45) is 1.08. The third-order valence-corrected chi connectivity index (χ3v) is 6.57. The van der Waals surface area contributed by atoms with Gasteiger partial charge in [-0.25, -0.2) is 8.42 Å². The summed E-state index contributed by atoms with van der Waals surface area (Å²) < 4.78 is 25.7. The molecule has 1 N–H and O–H groups in total. The number of halogens is 1. The number of amides is 1. The highest BCUT2D eigenvalue weighted by Gasteiger charge is 2.29. The van der Waals surface area contributed by atoms with Crippen molar-refractivity contribution in [3.63, 3.8) is 0 Å². The molecule has 2 aromatic carbocycles. The number of anilines is 1. The van der Waals surface area contributed by atoms with Gasteiger partial charge >= 0.3 is 0 Å². The zero-order valence-electron chi connectivity index (χ0n) is 15.5. The molecule has 2 aromatic rings. The van der Waals surface area contributed by atoms with Crippen LogP contribution in [0.2, 0.25) is 5.02 Å². The fraction of sp³-hybridized carbons (Fsp3) is 0.316. The molecule has 146 valence electrons. The molecule has 5 nitrogen and oxygen atoms in total. The van der Waals surface area contributed by atoms with Gasteiger partial charge in [-0.1, -0.05) is 35.9 Å². The zero-order chi connectivity index (χ0) is 20.0. The molecule has 2 rings (SSSR count). The summed E-state index contributed by atoms with van der Waals surface area (Å²) in [5.74, 6) is 0.336. The van der Waals surface area contributed by atoms with Crippen LogP contribution in [0.1, 0.15) is 12.5 Å². The highest BCUT2D eigenvalue weighted by Crippen LogP contribution is 2.26. The van der Waals surface area contributed by atoms with E-state index in [-0.39, 0.29) is 5.91 Å². The van der Waals surface area contributed by atoms with Crippen molar-refractivity contribution in [1.82, 2.24) is 5.32 Å². The summed E-state index contributed by atoms with van der Waals surface area (Å²) in [7, 11) is -3.66. The fourth-order valence-electron chi connectivity index (χ4n) is 2.54. The molecule has 0 aliphatic rings. The number of nitrogens with zero attached hydrogens (tertiary/aromatic N) is 1. The molecule has 0 heterocycles. The number of sulfonamides is 1. The second-order valence-electron chi connectivity index (χ2n) is 6.12. The molecule has 0 aromatic heterocycles. The minimum absolute atomic E-state index is 0.356. The smallest absolute Gasteiger partial charge is 0.243 e. The second-order valence-corrected chi connectivity index (χ2v) is 9.56. The lowest BCUT2D eigenvalue weighted by molar-refractivity contribution is -0.121. The van der Waals surface area contributed by atoms with Crippen LogP contribution in [-0.4, -0.2) is 38.9 Å². The van der Waals surface area contributed by atoms with E-state index in [4.69, 9.17) is 11.6 Å². The summed E-state index contributed by atoms with van der Waals surface area (Å²) in [5, 5.41) is 3.25. The first-order chi connectivity index (χ1) is 12.7. The molecule has 8 heteroatoms. The number of hydrogen-bond acceptors (Lipinski definition) is 4. The molecule has 0 aliphatic carbocycles. The summed E-state index contributed by atoms with van der Waals surface area (Å²) in [6, 6.07) is 13.9. The van der Waals surface area contributed by atoms with Gasteiger partial charge in [0.2, 0.25) is 15.9 Å². The van der Waals surface area contributed by atoms with Crippen molar-refractivity contribution in [2.24, 2.45) is 0 Å². The van der Waals surface area contributed by atoms with Crippen LogP contribution in [0.25, 0.3) is 0 Å². The Kier molecular flexibility index (Phi) is 7.59. The standard InChI is InChI=1S/C19H23ClN2O3S2/c1-14-9-10-16(13-18(14)20)22(27(3,24)25)15(2)19(23)21-11-12-26-17-7-5-4-6-8-17/h4-10,13,15H,11-12H2,1-3H3,(H,21,23). The van der Waals surface area contributed by atoms with E-state index in [9.17, 15) is 13.2 Å². The van der Waals surface area contributed by atoms with Crippen LogP contribution < -0.4 is 9.62 Å². The van der Waals surface area contributed by atoms with Crippen molar-refractivity contribution >= 4 is 45.0 Å². The van der Waals surface area contributed by atoms with E-state index >= 15 is 0 Å². The van der Waals surface area contributed by atoms with Crippen LogP contribution in [0.4, 0.5) is 5.69 Å². The highest BCUT2D eigenvalue weighted by atomic mass is 35.5. The van der Waals surface area contributed by atoms with Gasteiger partial charge in [-0.3, -0.25) is 9.10 Å². The van der Waals surface area contributed by atoms with E-state index < -0.39 is 16.1 Å². The van der Waals surface area contributed by atoms with Crippen LogP contribution in [0.3, 0.4) is 0 Å². The maximum absolute atomic E-state index is 12.5. The maximum atomic E-state index is 12.5. The SMILES string of the molecule is Cc1ccc(N(C(C)C(=O)NCCSc2ccccc2)S(C)(=O)=O)cc1Cl. The first kappa shape index (κ1) is 21.6. The maximum Gasteiger partial charge on any atom is 0.243 e. The molecule has 1 unspecified atom stereocenters. The summed E-state index contributed by atoms with van der Waals surface area (Å²) >= 11 is 7.75. The van der Waals surface area contributed by atoms with Gasteiger partial charge in [-0.2, -0.15) is 0 Å². The minimum atomic E-state index is -3.66. The molecule has 0 fully saturated rings. The van der Waals surface area contributed by atoms with Gasteiger partial charge in [-0.15, -0.1) is 11.8 Å². The Hall–Kier alpha value is -1.70. The largest absolute Gasteiger partial charge is 0.353 e. The monoisotopic (exact) mass is 426 g/mol. The van der Waals surface area contributed by atoms with Gasteiger partial charge in [-0.05, 0) is 43.7 Å². The lowest BCUT2D eigenvalue weighted by Crippen LogP contribution is -2.48. The molecule has 0 radical (unpaired) electrons. The molecule has 27 heavy (non-hydrogen) atoms. The molecule has 0 bridgehead atoms. The van der Waals surface area contributed by atoms with Gasteiger partial charge in [0.1, 0.15) is 6.04 Å². The van der Waals surface area contributed by atoms with Gasteiger partial charge < -0.3 is 5.32 Å². The lowest BCUT2D eigenvalue weighted by atomic mass is 10.2. The Labute approximate surface area is 170 Å². The number of aryl methyl sites for hydroxylation is 1. The lowest BCUT2D eigenvalue weighted by Gasteiger charge is -2.28. The predicted octanol–water partition coefficient (Wildman–Crippen LogP) is 3.71. The van der Waals surface area contributed by atoms with Crippen LogP contribution in [-0.2, 0) is 14.8 Å². The topological polar surface area (TPSA) is 66.5 Å². The van der Waals surface area contributed by atoms with Crippen molar-refractivity contribution in [1.29, 1.82) is 0 Å². The molecular weight excluding hydrogens is 404 g/mol. The van der Waals surface area contributed by atoms with Gasteiger partial charge in [0.05, 0.1) is 11.9 Å². The van der Waals surface area contributed by atoms with Gasteiger partial charge in [0.25, 0.3) is 0 Å². The molecular formula is C19H23ClN2O3S2. The number of benzene rings is 2. The number of rotatable bonds is 8. The zero-order valence-corrected chi connectivity index (χ0v) is 17.9. The van der Waals surface area contributed by atoms with Gasteiger partial charge in [0.15, 0.2) is 0 Å². The van der Waals surface area contributed by atoms with E-state index in [1.165, 1.54) is 0 Å². The normalized spacial score (nSPS) is 12.4. The summed E-state index contributed by atoms with van der Waals surface area (Å²) in [6.45, 7) is 3.83.